The van der Waals surface area contributed by atoms with Crippen molar-refractivity contribution in [2.45, 2.75) is 39.5 Å². The van der Waals surface area contributed by atoms with Gasteiger partial charge in [0.25, 0.3) is 0 Å². The van der Waals surface area contributed by atoms with Crippen molar-refractivity contribution >= 4 is 0 Å². The molecule has 2 aromatic heterocycles. The Morgan fingerprint density at radius 3 is 2.32 bits per heavy atom. The van der Waals surface area contributed by atoms with Crippen LogP contribution in [-0.4, -0.2) is 9.97 Å². The summed E-state index contributed by atoms with van der Waals surface area (Å²) >= 11 is 0. The highest BCUT2D eigenvalue weighted by molar-refractivity contribution is 5.20. The predicted octanol–water partition coefficient (Wildman–Crippen LogP) is 4.02. The molecular formula is C17H22N2. The molecule has 0 radical (unpaired) electrons. The van der Waals surface area contributed by atoms with Crippen molar-refractivity contribution < 1.29 is 0 Å². The Morgan fingerprint density at radius 1 is 0.895 bits per heavy atom. The summed E-state index contributed by atoms with van der Waals surface area (Å²) in [5.74, 6) is 1.12. The minimum atomic E-state index is 0.560. The number of aromatic nitrogens is 2. The zero-order valence-electron chi connectivity index (χ0n) is 12.0. The molecule has 0 N–H and O–H groups in total. The van der Waals surface area contributed by atoms with Gasteiger partial charge in [0.15, 0.2) is 0 Å². The van der Waals surface area contributed by atoms with Crippen molar-refractivity contribution in [3.05, 3.63) is 59.7 Å². The van der Waals surface area contributed by atoms with Crippen LogP contribution in [0.4, 0.5) is 0 Å². The van der Waals surface area contributed by atoms with E-state index in [1.165, 1.54) is 11.3 Å². The third kappa shape index (κ3) is 4.16. The van der Waals surface area contributed by atoms with Gasteiger partial charge in [-0.2, -0.15) is 0 Å². The Labute approximate surface area is 115 Å². The minimum Gasteiger partial charge on any atom is -0.261 e. The van der Waals surface area contributed by atoms with Crippen LogP contribution in [0, 0.1) is 5.92 Å². The summed E-state index contributed by atoms with van der Waals surface area (Å²) in [6.07, 6.45) is 5.81. The second-order valence-electron chi connectivity index (χ2n) is 5.57. The Balaban J connectivity index is 1.99. The van der Waals surface area contributed by atoms with E-state index in [1.54, 1.807) is 0 Å². The van der Waals surface area contributed by atoms with E-state index in [0.717, 1.165) is 18.5 Å². The number of rotatable bonds is 5. The highest BCUT2D eigenvalue weighted by Crippen LogP contribution is 2.17. The summed E-state index contributed by atoms with van der Waals surface area (Å²) in [6, 6.07) is 10.4. The SMILES string of the molecule is CC(Cc1ccccn1)Cc1cc(C(C)C)ccn1. The average Bonchev–Trinajstić information content (AvgIpc) is 2.40. The smallest absolute Gasteiger partial charge is 0.0409 e. The second-order valence-corrected chi connectivity index (χ2v) is 5.57. The molecule has 1 unspecified atom stereocenters. The fourth-order valence-corrected chi connectivity index (χ4v) is 2.27. The van der Waals surface area contributed by atoms with Crippen molar-refractivity contribution in [3.8, 4) is 0 Å². The van der Waals surface area contributed by atoms with Gasteiger partial charge < -0.3 is 0 Å². The zero-order valence-corrected chi connectivity index (χ0v) is 12.0. The maximum absolute atomic E-state index is 4.48. The first kappa shape index (κ1) is 13.7. The highest BCUT2D eigenvalue weighted by Gasteiger charge is 2.08. The van der Waals surface area contributed by atoms with E-state index in [2.05, 4.69) is 48.9 Å². The quantitative estimate of drug-likeness (QED) is 0.805. The van der Waals surface area contributed by atoms with E-state index in [-0.39, 0.29) is 0 Å². The molecule has 100 valence electrons. The first-order chi connectivity index (χ1) is 9.15. The van der Waals surface area contributed by atoms with Crippen molar-refractivity contribution in [1.29, 1.82) is 0 Å². The van der Waals surface area contributed by atoms with E-state index in [9.17, 15) is 0 Å². The molecule has 2 heteroatoms. The van der Waals surface area contributed by atoms with Crippen LogP contribution in [0.2, 0.25) is 0 Å². The molecule has 2 aromatic rings. The molecule has 0 spiro atoms. The van der Waals surface area contributed by atoms with Crippen molar-refractivity contribution in [3.63, 3.8) is 0 Å². The van der Waals surface area contributed by atoms with Crippen LogP contribution < -0.4 is 0 Å². The normalized spacial score (nSPS) is 12.6. The predicted molar refractivity (Wildman–Crippen MR) is 79.1 cm³/mol. The second kappa shape index (κ2) is 6.46. The maximum Gasteiger partial charge on any atom is 0.0409 e. The molecule has 0 bridgehead atoms. The van der Waals surface area contributed by atoms with Crippen LogP contribution in [0.15, 0.2) is 42.7 Å². The van der Waals surface area contributed by atoms with E-state index >= 15 is 0 Å². The van der Waals surface area contributed by atoms with Gasteiger partial charge in [-0.25, -0.2) is 0 Å². The van der Waals surface area contributed by atoms with E-state index in [0.29, 0.717) is 11.8 Å². The lowest BCUT2D eigenvalue weighted by atomic mass is 9.97. The summed E-state index contributed by atoms with van der Waals surface area (Å²) in [7, 11) is 0. The Bertz CT molecular complexity index is 506. The van der Waals surface area contributed by atoms with E-state index < -0.39 is 0 Å². The molecule has 19 heavy (non-hydrogen) atoms. The van der Waals surface area contributed by atoms with Gasteiger partial charge in [-0.1, -0.05) is 26.8 Å². The van der Waals surface area contributed by atoms with Crippen LogP contribution in [0.5, 0.6) is 0 Å². The minimum absolute atomic E-state index is 0.560. The van der Waals surface area contributed by atoms with E-state index in [1.807, 2.05) is 24.5 Å². The zero-order chi connectivity index (χ0) is 13.7. The van der Waals surface area contributed by atoms with Gasteiger partial charge >= 0.3 is 0 Å². The molecule has 0 saturated heterocycles. The average molecular weight is 254 g/mol. The summed E-state index contributed by atoms with van der Waals surface area (Å²) < 4.78 is 0. The van der Waals surface area contributed by atoms with Gasteiger partial charge in [0.2, 0.25) is 0 Å². The molecule has 2 rings (SSSR count). The lowest BCUT2D eigenvalue weighted by Crippen LogP contribution is -2.07. The molecule has 1 atom stereocenters. The number of pyridine rings is 2. The third-order valence-corrected chi connectivity index (χ3v) is 3.35. The monoisotopic (exact) mass is 254 g/mol. The van der Waals surface area contributed by atoms with Gasteiger partial charge in [-0.3, -0.25) is 9.97 Å². The summed E-state index contributed by atoms with van der Waals surface area (Å²) in [5, 5.41) is 0. The number of hydrogen-bond donors (Lipinski definition) is 0. The Hall–Kier alpha value is -1.70. The molecule has 2 heterocycles. The number of hydrogen-bond acceptors (Lipinski definition) is 2. The molecule has 2 nitrogen and oxygen atoms in total. The molecule has 0 saturated carbocycles. The molecule has 0 aliphatic rings. The first-order valence-electron chi connectivity index (χ1n) is 7.00. The lowest BCUT2D eigenvalue weighted by Gasteiger charge is -2.12. The van der Waals surface area contributed by atoms with Crippen molar-refractivity contribution in [2.75, 3.05) is 0 Å². The van der Waals surface area contributed by atoms with Crippen molar-refractivity contribution in [1.82, 2.24) is 9.97 Å². The van der Waals surface area contributed by atoms with Crippen LogP contribution in [-0.2, 0) is 12.8 Å². The summed E-state index contributed by atoms with van der Waals surface area (Å²) in [4.78, 5) is 8.87. The molecule has 0 aliphatic heterocycles. The van der Waals surface area contributed by atoms with E-state index in [4.69, 9.17) is 0 Å². The van der Waals surface area contributed by atoms with Gasteiger partial charge in [0.1, 0.15) is 0 Å². The van der Waals surface area contributed by atoms with Gasteiger partial charge in [-0.05, 0) is 54.5 Å². The van der Waals surface area contributed by atoms with Gasteiger partial charge in [0, 0.05) is 23.8 Å². The van der Waals surface area contributed by atoms with Crippen LogP contribution >= 0.6 is 0 Å². The van der Waals surface area contributed by atoms with Crippen molar-refractivity contribution in [2.24, 2.45) is 5.92 Å². The van der Waals surface area contributed by atoms with Crippen LogP contribution in [0.25, 0.3) is 0 Å². The molecule has 0 amide bonds. The third-order valence-electron chi connectivity index (χ3n) is 3.35. The highest BCUT2D eigenvalue weighted by atomic mass is 14.7. The first-order valence-corrected chi connectivity index (χ1v) is 7.00. The Kier molecular flexibility index (Phi) is 4.67. The standard InChI is InChI=1S/C17H22N2/c1-13(2)15-7-9-19-17(12-15)11-14(3)10-16-6-4-5-8-18-16/h4-9,12-14H,10-11H2,1-3H3. The topological polar surface area (TPSA) is 25.8 Å². The maximum atomic E-state index is 4.48. The fourth-order valence-electron chi connectivity index (χ4n) is 2.27. The summed E-state index contributed by atoms with van der Waals surface area (Å²) in [5.41, 5.74) is 3.72. The number of nitrogens with zero attached hydrogens (tertiary/aromatic N) is 2. The van der Waals surface area contributed by atoms with Gasteiger partial charge in [0.05, 0.1) is 0 Å². The van der Waals surface area contributed by atoms with Crippen LogP contribution in [0.1, 0.15) is 43.6 Å². The lowest BCUT2D eigenvalue weighted by molar-refractivity contribution is 0.560. The van der Waals surface area contributed by atoms with Gasteiger partial charge in [-0.15, -0.1) is 0 Å². The summed E-state index contributed by atoms with van der Waals surface area (Å²) in [6.45, 7) is 6.70. The molecule has 0 aliphatic carbocycles. The molecule has 0 fully saturated rings. The largest absolute Gasteiger partial charge is 0.261 e. The molecule has 0 aromatic carbocycles. The van der Waals surface area contributed by atoms with Crippen LogP contribution in [0.3, 0.4) is 0 Å². The fraction of sp³-hybridized carbons (Fsp3) is 0.412. The Morgan fingerprint density at radius 2 is 1.63 bits per heavy atom. The molecular weight excluding hydrogens is 232 g/mol.